The van der Waals surface area contributed by atoms with Gasteiger partial charge in [-0.1, -0.05) is 0 Å². The van der Waals surface area contributed by atoms with Gasteiger partial charge >= 0.3 is 0 Å². The molecule has 1 aliphatic heterocycles. The molecule has 2 aromatic rings. The number of thiophene rings is 1. The fourth-order valence-electron chi connectivity index (χ4n) is 3.05. The summed E-state index contributed by atoms with van der Waals surface area (Å²) in [5, 5.41) is 3.06. The summed E-state index contributed by atoms with van der Waals surface area (Å²) in [5.41, 5.74) is 0.597. The zero-order chi connectivity index (χ0) is 17.3. The summed E-state index contributed by atoms with van der Waals surface area (Å²) in [6.07, 6.45) is 1.55. The average molecular weight is 346 g/mol. The van der Waals surface area contributed by atoms with Crippen LogP contribution in [-0.4, -0.2) is 35.8 Å². The standard InChI is InChI=1S/C18H22N2O3S/c1-11-10-15(13(3)23-11)17(21)19-14-6-8-20(9-7-14)18(22)16-5-4-12(2)24-16/h4-5,10,14H,6-9H2,1-3H3,(H,19,21). The van der Waals surface area contributed by atoms with Gasteiger partial charge in [0, 0.05) is 24.0 Å². The van der Waals surface area contributed by atoms with Crippen molar-refractivity contribution in [3.8, 4) is 0 Å². The highest BCUT2D eigenvalue weighted by Crippen LogP contribution is 2.20. The van der Waals surface area contributed by atoms with Gasteiger partial charge in [0.1, 0.15) is 11.5 Å². The molecule has 1 fully saturated rings. The topological polar surface area (TPSA) is 62.6 Å². The third-order valence-electron chi connectivity index (χ3n) is 4.35. The lowest BCUT2D eigenvalue weighted by atomic mass is 10.0. The molecule has 1 N–H and O–H groups in total. The molecule has 6 heteroatoms. The SMILES string of the molecule is Cc1cc(C(=O)NC2CCN(C(=O)c3ccc(C)s3)CC2)c(C)o1. The molecule has 0 aliphatic carbocycles. The van der Waals surface area contributed by atoms with Gasteiger partial charge in [-0.3, -0.25) is 9.59 Å². The number of hydrogen-bond donors (Lipinski definition) is 1. The molecule has 2 amide bonds. The summed E-state index contributed by atoms with van der Waals surface area (Å²) in [6, 6.07) is 5.73. The van der Waals surface area contributed by atoms with E-state index in [1.807, 2.05) is 30.9 Å². The fraction of sp³-hybridized carbons (Fsp3) is 0.444. The first-order chi connectivity index (χ1) is 11.4. The smallest absolute Gasteiger partial charge is 0.263 e. The lowest BCUT2D eigenvalue weighted by Gasteiger charge is -2.32. The Labute approximate surface area is 145 Å². The zero-order valence-electron chi connectivity index (χ0n) is 14.2. The van der Waals surface area contributed by atoms with E-state index < -0.39 is 0 Å². The summed E-state index contributed by atoms with van der Waals surface area (Å²) in [6.45, 7) is 6.98. The van der Waals surface area contributed by atoms with Gasteiger partial charge in [0.2, 0.25) is 0 Å². The number of nitrogens with one attached hydrogen (secondary N) is 1. The van der Waals surface area contributed by atoms with Gasteiger partial charge in [-0.2, -0.15) is 0 Å². The van der Waals surface area contributed by atoms with Crippen LogP contribution in [0.5, 0.6) is 0 Å². The average Bonchev–Trinajstić information content (AvgIpc) is 3.12. The Hall–Kier alpha value is -2.08. The normalized spacial score (nSPS) is 15.5. The maximum Gasteiger partial charge on any atom is 0.263 e. The molecule has 0 atom stereocenters. The number of likely N-dealkylation sites (tertiary alicyclic amines) is 1. The number of aryl methyl sites for hydroxylation is 3. The zero-order valence-corrected chi connectivity index (χ0v) is 15.0. The molecule has 0 radical (unpaired) electrons. The molecule has 24 heavy (non-hydrogen) atoms. The van der Waals surface area contributed by atoms with E-state index in [1.165, 1.54) is 11.3 Å². The van der Waals surface area contributed by atoms with E-state index in [1.54, 1.807) is 13.0 Å². The number of hydrogen-bond acceptors (Lipinski definition) is 4. The summed E-state index contributed by atoms with van der Waals surface area (Å²) in [4.78, 5) is 28.6. The van der Waals surface area contributed by atoms with Crippen molar-refractivity contribution in [2.75, 3.05) is 13.1 Å². The molecule has 0 saturated carbocycles. The Bertz CT molecular complexity index is 754. The van der Waals surface area contributed by atoms with Crippen molar-refractivity contribution in [3.63, 3.8) is 0 Å². The second-order valence-electron chi connectivity index (χ2n) is 6.28. The Morgan fingerprint density at radius 2 is 1.92 bits per heavy atom. The minimum Gasteiger partial charge on any atom is -0.466 e. The first kappa shape index (κ1) is 16.8. The third-order valence-corrected chi connectivity index (χ3v) is 5.34. The number of piperidine rings is 1. The van der Waals surface area contributed by atoms with Crippen molar-refractivity contribution in [2.45, 2.75) is 39.7 Å². The number of carbonyl (C=O) groups is 2. The first-order valence-electron chi connectivity index (χ1n) is 8.17. The minimum absolute atomic E-state index is 0.0944. The number of amides is 2. The number of rotatable bonds is 3. The molecular formula is C18H22N2O3S. The fourth-order valence-corrected chi connectivity index (χ4v) is 3.89. The van der Waals surface area contributed by atoms with Crippen LogP contribution in [0.4, 0.5) is 0 Å². The molecule has 5 nitrogen and oxygen atoms in total. The largest absolute Gasteiger partial charge is 0.466 e. The lowest BCUT2D eigenvalue weighted by molar-refractivity contribution is 0.0702. The van der Waals surface area contributed by atoms with Gasteiger partial charge in [0.15, 0.2) is 0 Å². The van der Waals surface area contributed by atoms with E-state index in [9.17, 15) is 9.59 Å². The van der Waals surface area contributed by atoms with Gasteiger partial charge in [0.25, 0.3) is 11.8 Å². The number of furan rings is 1. The van der Waals surface area contributed by atoms with Crippen LogP contribution >= 0.6 is 11.3 Å². The van der Waals surface area contributed by atoms with Crippen molar-refractivity contribution in [3.05, 3.63) is 45.0 Å². The molecule has 0 bridgehead atoms. The van der Waals surface area contributed by atoms with Crippen molar-refractivity contribution < 1.29 is 14.0 Å². The monoisotopic (exact) mass is 346 g/mol. The van der Waals surface area contributed by atoms with Crippen LogP contribution in [0.2, 0.25) is 0 Å². The van der Waals surface area contributed by atoms with Crippen LogP contribution in [0.15, 0.2) is 22.6 Å². The Balaban J connectivity index is 1.54. The van der Waals surface area contributed by atoms with Crippen LogP contribution in [0, 0.1) is 20.8 Å². The van der Waals surface area contributed by atoms with Crippen LogP contribution < -0.4 is 5.32 Å². The predicted molar refractivity (Wildman–Crippen MR) is 93.6 cm³/mol. The second kappa shape index (κ2) is 6.81. The van der Waals surface area contributed by atoms with Crippen molar-refractivity contribution >= 4 is 23.2 Å². The maximum atomic E-state index is 12.4. The maximum absolute atomic E-state index is 12.4. The van der Waals surface area contributed by atoms with Crippen LogP contribution in [0.1, 0.15) is 49.3 Å². The summed E-state index contributed by atoms with van der Waals surface area (Å²) in [5.74, 6) is 1.39. The summed E-state index contributed by atoms with van der Waals surface area (Å²) >= 11 is 1.53. The Kier molecular flexibility index (Phi) is 4.76. The predicted octanol–water partition coefficient (Wildman–Crippen LogP) is 3.30. The Morgan fingerprint density at radius 3 is 2.46 bits per heavy atom. The van der Waals surface area contributed by atoms with E-state index in [-0.39, 0.29) is 17.9 Å². The molecular weight excluding hydrogens is 324 g/mol. The van der Waals surface area contributed by atoms with Gasteiger partial charge < -0.3 is 14.6 Å². The van der Waals surface area contributed by atoms with Crippen LogP contribution in [0.3, 0.4) is 0 Å². The molecule has 0 spiro atoms. The molecule has 0 aromatic carbocycles. The highest BCUT2D eigenvalue weighted by Gasteiger charge is 2.26. The molecule has 2 aromatic heterocycles. The van der Waals surface area contributed by atoms with Crippen molar-refractivity contribution in [1.82, 2.24) is 10.2 Å². The van der Waals surface area contributed by atoms with Gasteiger partial charge in [-0.15, -0.1) is 11.3 Å². The molecule has 1 aliphatic rings. The van der Waals surface area contributed by atoms with Crippen LogP contribution in [-0.2, 0) is 0 Å². The van der Waals surface area contributed by atoms with E-state index in [2.05, 4.69) is 5.32 Å². The second-order valence-corrected chi connectivity index (χ2v) is 7.57. The number of carbonyl (C=O) groups excluding carboxylic acids is 2. The molecule has 128 valence electrons. The third kappa shape index (κ3) is 3.53. The van der Waals surface area contributed by atoms with Gasteiger partial charge in [-0.25, -0.2) is 0 Å². The first-order valence-corrected chi connectivity index (χ1v) is 8.99. The molecule has 3 rings (SSSR count). The molecule has 3 heterocycles. The Morgan fingerprint density at radius 1 is 1.21 bits per heavy atom. The highest BCUT2D eigenvalue weighted by molar-refractivity contribution is 7.13. The van der Waals surface area contributed by atoms with Crippen LogP contribution in [0.25, 0.3) is 0 Å². The van der Waals surface area contributed by atoms with E-state index in [0.717, 1.165) is 28.4 Å². The van der Waals surface area contributed by atoms with Gasteiger partial charge in [-0.05, 0) is 51.8 Å². The summed E-state index contributed by atoms with van der Waals surface area (Å²) < 4.78 is 5.41. The van der Waals surface area contributed by atoms with Crippen molar-refractivity contribution in [2.24, 2.45) is 0 Å². The van der Waals surface area contributed by atoms with Gasteiger partial charge in [0.05, 0.1) is 10.4 Å². The molecule has 1 saturated heterocycles. The van der Waals surface area contributed by atoms with E-state index in [0.29, 0.717) is 24.4 Å². The highest BCUT2D eigenvalue weighted by atomic mass is 32.1. The molecule has 0 unspecified atom stereocenters. The number of nitrogens with zero attached hydrogens (tertiary/aromatic N) is 1. The van der Waals surface area contributed by atoms with E-state index >= 15 is 0 Å². The van der Waals surface area contributed by atoms with E-state index in [4.69, 9.17) is 4.42 Å². The minimum atomic E-state index is -0.0944. The lowest BCUT2D eigenvalue weighted by Crippen LogP contribution is -2.46. The summed E-state index contributed by atoms with van der Waals surface area (Å²) in [7, 11) is 0. The quantitative estimate of drug-likeness (QED) is 0.927. The van der Waals surface area contributed by atoms with Crippen molar-refractivity contribution in [1.29, 1.82) is 0 Å².